The van der Waals surface area contributed by atoms with Crippen LogP contribution >= 0.6 is 0 Å². The summed E-state index contributed by atoms with van der Waals surface area (Å²) in [5.74, 6) is 0.785. The lowest BCUT2D eigenvalue weighted by atomic mass is 9.83. The van der Waals surface area contributed by atoms with Crippen molar-refractivity contribution in [2.45, 2.75) is 31.5 Å². The Morgan fingerprint density at radius 2 is 2.33 bits per heavy atom. The normalized spacial score (nSPS) is 56.5. The molecule has 3 fully saturated rings. The van der Waals surface area contributed by atoms with Gasteiger partial charge in [0.1, 0.15) is 6.10 Å². The molecule has 3 aliphatic rings. The van der Waals surface area contributed by atoms with Crippen molar-refractivity contribution in [3.63, 3.8) is 0 Å². The van der Waals surface area contributed by atoms with Gasteiger partial charge in [-0.2, -0.15) is 0 Å². The van der Waals surface area contributed by atoms with Gasteiger partial charge in [-0.3, -0.25) is 9.69 Å². The van der Waals surface area contributed by atoms with Crippen molar-refractivity contribution in [3.8, 4) is 0 Å². The number of nitrogens with zero attached hydrogens (tertiary/aromatic N) is 1. The third-order valence-electron chi connectivity index (χ3n) is 3.92. The van der Waals surface area contributed by atoms with E-state index in [2.05, 4.69) is 18.9 Å². The van der Waals surface area contributed by atoms with E-state index in [1.165, 1.54) is 0 Å². The van der Waals surface area contributed by atoms with Crippen LogP contribution in [0.3, 0.4) is 0 Å². The summed E-state index contributed by atoms with van der Waals surface area (Å²) < 4.78 is 5.34. The molecule has 0 aliphatic carbocycles. The number of hydrogen-bond acceptors (Lipinski definition) is 3. The lowest BCUT2D eigenvalue weighted by molar-refractivity contribution is -0.144. The van der Waals surface area contributed by atoms with E-state index in [9.17, 15) is 4.79 Å². The van der Waals surface area contributed by atoms with Crippen LogP contribution < -0.4 is 0 Å². The molecule has 3 heteroatoms. The van der Waals surface area contributed by atoms with Crippen LogP contribution in [0.2, 0.25) is 0 Å². The van der Waals surface area contributed by atoms with Gasteiger partial charge >= 0.3 is 5.97 Å². The predicted octanol–water partition coefficient (Wildman–Crippen LogP) is 0.250. The van der Waals surface area contributed by atoms with Crippen LogP contribution in [0.25, 0.3) is 0 Å². The fourth-order valence-corrected chi connectivity index (χ4v) is 3.28. The molecular formula is C9H13NO2. The standard InChI is InChI=1S/C9H13NO2/c1-4-6-3-5-7(10(6)2)8(4)12-9(5)11/h4-8H,3H2,1-2H3. The largest absolute Gasteiger partial charge is 0.460 e. The Balaban J connectivity index is 2.06. The Morgan fingerprint density at radius 3 is 2.92 bits per heavy atom. The molecule has 5 atom stereocenters. The number of rotatable bonds is 0. The van der Waals surface area contributed by atoms with Crippen LogP contribution in [0.4, 0.5) is 0 Å². The van der Waals surface area contributed by atoms with E-state index in [0.29, 0.717) is 18.0 Å². The number of esters is 1. The van der Waals surface area contributed by atoms with Crippen LogP contribution in [0.15, 0.2) is 0 Å². The summed E-state index contributed by atoms with van der Waals surface area (Å²) >= 11 is 0. The Morgan fingerprint density at radius 1 is 1.58 bits per heavy atom. The van der Waals surface area contributed by atoms with E-state index in [1.807, 2.05) is 0 Å². The molecule has 0 aromatic rings. The van der Waals surface area contributed by atoms with E-state index in [4.69, 9.17) is 4.74 Å². The highest BCUT2D eigenvalue weighted by molar-refractivity contribution is 5.77. The summed E-state index contributed by atoms with van der Waals surface area (Å²) in [5.41, 5.74) is 0. The molecule has 0 spiro atoms. The van der Waals surface area contributed by atoms with Gasteiger partial charge in [0, 0.05) is 12.0 Å². The molecule has 0 saturated carbocycles. The second-order valence-electron chi connectivity index (χ2n) is 4.33. The van der Waals surface area contributed by atoms with Gasteiger partial charge in [-0.25, -0.2) is 0 Å². The van der Waals surface area contributed by atoms with Gasteiger partial charge in [0.05, 0.1) is 12.0 Å². The molecule has 12 heavy (non-hydrogen) atoms. The van der Waals surface area contributed by atoms with Crippen LogP contribution in [0, 0.1) is 11.8 Å². The third kappa shape index (κ3) is 0.534. The maximum Gasteiger partial charge on any atom is 0.311 e. The first-order valence-electron chi connectivity index (χ1n) is 4.62. The summed E-state index contributed by atoms with van der Waals surface area (Å²) in [5, 5.41) is 0. The number of fused-ring (bicyclic) bond motifs is 1. The first kappa shape index (κ1) is 6.89. The van der Waals surface area contributed by atoms with Crippen LogP contribution in [0.5, 0.6) is 0 Å². The maximum atomic E-state index is 11.3. The SMILES string of the molecule is CC1C2OC(=O)C3CC1N(C)C32. The van der Waals surface area contributed by atoms with Gasteiger partial charge in [-0.15, -0.1) is 0 Å². The minimum atomic E-state index is 0.0451. The van der Waals surface area contributed by atoms with E-state index in [-0.39, 0.29) is 18.0 Å². The summed E-state index contributed by atoms with van der Waals surface area (Å²) in [6, 6.07) is 0.994. The number of carbonyl (C=O) groups excluding carboxylic acids is 1. The van der Waals surface area contributed by atoms with Crippen molar-refractivity contribution in [2.75, 3.05) is 7.05 Å². The zero-order chi connectivity index (χ0) is 8.46. The highest BCUT2D eigenvalue weighted by atomic mass is 16.6. The van der Waals surface area contributed by atoms with E-state index in [0.717, 1.165) is 6.42 Å². The number of likely N-dealkylation sites (N-methyl/N-ethyl adjacent to an activating group) is 1. The molecule has 0 N–H and O–H groups in total. The fraction of sp³-hybridized carbons (Fsp3) is 0.889. The Bertz CT molecular complexity index is 249. The third-order valence-corrected chi connectivity index (χ3v) is 3.92. The molecule has 3 aliphatic heterocycles. The summed E-state index contributed by atoms with van der Waals surface area (Å²) in [7, 11) is 2.12. The monoisotopic (exact) mass is 167 g/mol. The van der Waals surface area contributed by atoms with Crippen LogP contribution in [-0.4, -0.2) is 36.1 Å². The molecule has 3 saturated heterocycles. The average Bonchev–Trinajstić information content (AvgIpc) is 2.55. The molecule has 5 unspecified atom stereocenters. The van der Waals surface area contributed by atoms with E-state index < -0.39 is 0 Å². The molecular weight excluding hydrogens is 154 g/mol. The topological polar surface area (TPSA) is 29.5 Å². The molecule has 0 amide bonds. The molecule has 0 aromatic heterocycles. The Kier molecular flexibility index (Phi) is 1.06. The lowest BCUT2D eigenvalue weighted by Crippen LogP contribution is -2.31. The molecule has 2 bridgehead atoms. The minimum Gasteiger partial charge on any atom is -0.460 e. The zero-order valence-corrected chi connectivity index (χ0v) is 7.36. The lowest BCUT2D eigenvalue weighted by Gasteiger charge is -2.18. The number of carbonyl (C=O) groups is 1. The van der Waals surface area contributed by atoms with Gasteiger partial charge < -0.3 is 4.74 Å². The van der Waals surface area contributed by atoms with Gasteiger partial charge in [-0.05, 0) is 13.5 Å². The summed E-state index contributed by atoms with van der Waals surface area (Å²) in [6.07, 6.45) is 1.23. The Labute approximate surface area is 71.7 Å². The smallest absolute Gasteiger partial charge is 0.311 e. The predicted molar refractivity (Wildman–Crippen MR) is 42.5 cm³/mol. The Hall–Kier alpha value is -0.570. The molecule has 66 valence electrons. The summed E-state index contributed by atoms with van der Waals surface area (Å²) in [6.45, 7) is 2.20. The van der Waals surface area contributed by atoms with Crippen molar-refractivity contribution in [3.05, 3.63) is 0 Å². The molecule has 3 heterocycles. The molecule has 3 nitrogen and oxygen atoms in total. The number of ether oxygens (including phenoxy) is 1. The van der Waals surface area contributed by atoms with Crippen LogP contribution in [0.1, 0.15) is 13.3 Å². The molecule has 3 rings (SSSR count). The second-order valence-corrected chi connectivity index (χ2v) is 4.33. The van der Waals surface area contributed by atoms with Crippen molar-refractivity contribution >= 4 is 5.97 Å². The van der Waals surface area contributed by atoms with E-state index >= 15 is 0 Å². The minimum absolute atomic E-state index is 0.0451. The van der Waals surface area contributed by atoms with Gasteiger partial charge in [0.25, 0.3) is 0 Å². The fourth-order valence-electron chi connectivity index (χ4n) is 3.28. The van der Waals surface area contributed by atoms with Gasteiger partial charge in [0.15, 0.2) is 0 Å². The maximum absolute atomic E-state index is 11.3. The molecule has 0 radical (unpaired) electrons. The first-order valence-corrected chi connectivity index (χ1v) is 4.62. The second kappa shape index (κ2) is 1.84. The highest BCUT2D eigenvalue weighted by Crippen LogP contribution is 2.50. The summed E-state index contributed by atoms with van der Waals surface area (Å²) in [4.78, 5) is 13.7. The first-order chi connectivity index (χ1) is 5.70. The van der Waals surface area contributed by atoms with Crippen molar-refractivity contribution < 1.29 is 9.53 Å². The highest BCUT2D eigenvalue weighted by Gasteiger charge is 2.63. The van der Waals surface area contributed by atoms with Gasteiger partial charge in [-0.1, -0.05) is 6.92 Å². The average molecular weight is 167 g/mol. The van der Waals surface area contributed by atoms with E-state index in [1.54, 1.807) is 0 Å². The van der Waals surface area contributed by atoms with Crippen LogP contribution in [-0.2, 0) is 9.53 Å². The quantitative estimate of drug-likeness (QED) is 0.484. The van der Waals surface area contributed by atoms with Crippen molar-refractivity contribution in [1.82, 2.24) is 4.90 Å². The molecule has 0 aromatic carbocycles. The van der Waals surface area contributed by atoms with Crippen molar-refractivity contribution in [2.24, 2.45) is 11.8 Å². The van der Waals surface area contributed by atoms with Gasteiger partial charge in [0.2, 0.25) is 0 Å². The zero-order valence-electron chi connectivity index (χ0n) is 7.36. The van der Waals surface area contributed by atoms with Crippen molar-refractivity contribution in [1.29, 1.82) is 0 Å². The number of hydrogen-bond donors (Lipinski definition) is 0.